The zero-order valence-electron chi connectivity index (χ0n) is 5.43. The average Bonchev–Trinajstić information content (AvgIpc) is 1.93. The normalized spacial score (nSPS) is 9.18. The van der Waals surface area contributed by atoms with Crippen LogP contribution >= 0.6 is 12.6 Å². The van der Waals surface area contributed by atoms with E-state index in [1.807, 2.05) is 0 Å². The van der Waals surface area contributed by atoms with Crippen molar-refractivity contribution < 1.29 is 9.92 Å². The quantitative estimate of drug-likeness (QED) is 0.417. The first-order valence-electron chi connectivity index (χ1n) is 2.80. The molecular weight excluding hydrogens is 166 g/mol. The standard InChI is InChI=1S/C6H5NO3S/c8-7(9)10-5-3-1-2-4-6(5)11/h1-4,11H. The topological polar surface area (TPSA) is 52.4 Å². The van der Waals surface area contributed by atoms with Gasteiger partial charge in [0.15, 0.2) is 0 Å². The van der Waals surface area contributed by atoms with Crippen LogP contribution in [0.25, 0.3) is 0 Å². The third-order valence-corrected chi connectivity index (χ3v) is 1.41. The lowest BCUT2D eigenvalue weighted by Crippen LogP contribution is -2.03. The van der Waals surface area contributed by atoms with E-state index in [1.54, 1.807) is 18.2 Å². The van der Waals surface area contributed by atoms with Crippen molar-refractivity contribution in [1.29, 1.82) is 0 Å². The minimum atomic E-state index is -0.866. The molecule has 0 aliphatic rings. The van der Waals surface area contributed by atoms with Crippen LogP contribution in [0.2, 0.25) is 0 Å². The van der Waals surface area contributed by atoms with Gasteiger partial charge in [0, 0.05) is 4.90 Å². The second-order valence-electron chi connectivity index (χ2n) is 1.78. The summed E-state index contributed by atoms with van der Waals surface area (Å²) in [5.74, 6) is 0.154. The van der Waals surface area contributed by atoms with Gasteiger partial charge in [-0.25, -0.2) is 0 Å². The van der Waals surface area contributed by atoms with Crippen LogP contribution in [0.4, 0.5) is 0 Å². The van der Waals surface area contributed by atoms with E-state index in [-0.39, 0.29) is 5.75 Å². The molecule has 11 heavy (non-hydrogen) atoms. The van der Waals surface area contributed by atoms with Crippen LogP contribution in [0.15, 0.2) is 29.2 Å². The molecule has 0 bridgehead atoms. The molecule has 0 heterocycles. The summed E-state index contributed by atoms with van der Waals surface area (Å²) in [5.41, 5.74) is 0. The molecule has 0 unspecified atom stereocenters. The highest BCUT2D eigenvalue weighted by atomic mass is 32.1. The Balaban J connectivity index is 2.86. The van der Waals surface area contributed by atoms with E-state index >= 15 is 0 Å². The highest BCUT2D eigenvalue weighted by Crippen LogP contribution is 2.20. The summed E-state index contributed by atoms with van der Waals surface area (Å²) in [6.45, 7) is 0. The molecule has 5 heteroatoms. The van der Waals surface area contributed by atoms with Gasteiger partial charge in [0.1, 0.15) is 5.75 Å². The molecule has 4 nitrogen and oxygen atoms in total. The molecule has 0 saturated carbocycles. The molecule has 0 spiro atoms. The van der Waals surface area contributed by atoms with Gasteiger partial charge in [0.05, 0.1) is 0 Å². The summed E-state index contributed by atoms with van der Waals surface area (Å²) in [4.78, 5) is 14.5. The predicted molar refractivity (Wildman–Crippen MR) is 41.3 cm³/mol. The Morgan fingerprint density at radius 1 is 1.45 bits per heavy atom. The van der Waals surface area contributed by atoms with Crippen molar-refractivity contribution in [3.05, 3.63) is 34.4 Å². The van der Waals surface area contributed by atoms with Crippen molar-refractivity contribution in [2.75, 3.05) is 0 Å². The number of hydrogen-bond acceptors (Lipinski definition) is 4. The number of thiol groups is 1. The molecule has 0 N–H and O–H groups in total. The van der Waals surface area contributed by atoms with E-state index in [0.717, 1.165) is 0 Å². The van der Waals surface area contributed by atoms with E-state index in [1.165, 1.54) is 6.07 Å². The molecule has 0 amide bonds. The van der Waals surface area contributed by atoms with Gasteiger partial charge in [0.25, 0.3) is 5.09 Å². The molecule has 0 saturated heterocycles. The van der Waals surface area contributed by atoms with E-state index in [2.05, 4.69) is 17.5 Å². The predicted octanol–water partition coefficient (Wildman–Crippen LogP) is 1.55. The molecule has 0 aromatic heterocycles. The Kier molecular flexibility index (Phi) is 2.32. The van der Waals surface area contributed by atoms with Gasteiger partial charge in [0.2, 0.25) is 0 Å². The molecule has 58 valence electrons. The van der Waals surface area contributed by atoms with Gasteiger partial charge in [-0.2, -0.15) is 0 Å². The summed E-state index contributed by atoms with van der Waals surface area (Å²) in [5, 5.41) is 9.00. The molecule has 0 aliphatic carbocycles. The van der Waals surface area contributed by atoms with Gasteiger partial charge in [-0.05, 0) is 12.1 Å². The van der Waals surface area contributed by atoms with Crippen molar-refractivity contribution in [2.24, 2.45) is 0 Å². The van der Waals surface area contributed by atoms with Crippen molar-refractivity contribution in [3.8, 4) is 5.75 Å². The van der Waals surface area contributed by atoms with Crippen molar-refractivity contribution in [1.82, 2.24) is 0 Å². The molecule has 0 atom stereocenters. The first-order valence-corrected chi connectivity index (χ1v) is 3.25. The Morgan fingerprint density at radius 2 is 2.09 bits per heavy atom. The van der Waals surface area contributed by atoms with Crippen molar-refractivity contribution >= 4 is 12.6 Å². The summed E-state index contributed by atoms with van der Waals surface area (Å²) < 4.78 is 0. The molecule has 0 radical (unpaired) electrons. The van der Waals surface area contributed by atoms with Crippen LogP contribution in [-0.2, 0) is 0 Å². The maximum Gasteiger partial charge on any atom is 0.299 e. The van der Waals surface area contributed by atoms with Crippen molar-refractivity contribution in [2.45, 2.75) is 4.90 Å². The van der Waals surface area contributed by atoms with Gasteiger partial charge in [-0.3, -0.25) is 4.84 Å². The summed E-state index contributed by atoms with van der Waals surface area (Å²) in [6.07, 6.45) is 0. The molecule has 1 rings (SSSR count). The van der Waals surface area contributed by atoms with Crippen LogP contribution in [0.3, 0.4) is 0 Å². The zero-order chi connectivity index (χ0) is 8.27. The van der Waals surface area contributed by atoms with Crippen molar-refractivity contribution in [3.63, 3.8) is 0 Å². The molecule has 0 fully saturated rings. The minimum absolute atomic E-state index is 0.154. The maximum absolute atomic E-state index is 9.87. The van der Waals surface area contributed by atoms with Crippen LogP contribution in [0.5, 0.6) is 5.75 Å². The van der Waals surface area contributed by atoms with Gasteiger partial charge in [-0.1, -0.05) is 12.1 Å². The van der Waals surface area contributed by atoms with Crippen LogP contribution in [-0.4, -0.2) is 5.09 Å². The molecular formula is C6H5NO3S. The van der Waals surface area contributed by atoms with Gasteiger partial charge < -0.3 is 0 Å². The Hall–Kier alpha value is -1.23. The second kappa shape index (κ2) is 3.25. The fraction of sp³-hybridized carbons (Fsp3) is 0. The number of nitrogens with zero attached hydrogens (tertiary/aromatic N) is 1. The minimum Gasteiger partial charge on any atom is -0.275 e. The van der Waals surface area contributed by atoms with Gasteiger partial charge >= 0.3 is 0 Å². The summed E-state index contributed by atoms with van der Waals surface area (Å²) >= 11 is 3.94. The second-order valence-corrected chi connectivity index (χ2v) is 2.26. The van der Waals surface area contributed by atoms with Crippen LogP contribution in [0, 0.1) is 10.1 Å². The molecule has 1 aromatic carbocycles. The highest BCUT2D eigenvalue weighted by Gasteiger charge is 2.01. The third-order valence-electron chi connectivity index (χ3n) is 1.04. The van der Waals surface area contributed by atoms with Crippen LogP contribution in [0.1, 0.15) is 0 Å². The Labute approximate surface area is 68.3 Å². The van der Waals surface area contributed by atoms with E-state index in [0.29, 0.717) is 4.90 Å². The highest BCUT2D eigenvalue weighted by molar-refractivity contribution is 7.80. The first-order chi connectivity index (χ1) is 5.20. The van der Waals surface area contributed by atoms with E-state index < -0.39 is 5.09 Å². The first kappa shape index (κ1) is 7.87. The maximum atomic E-state index is 9.87. The zero-order valence-corrected chi connectivity index (χ0v) is 6.32. The fourth-order valence-electron chi connectivity index (χ4n) is 0.615. The summed E-state index contributed by atoms with van der Waals surface area (Å²) in [6, 6.07) is 6.45. The third kappa shape index (κ3) is 2.12. The lowest BCUT2D eigenvalue weighted by Gasteiger charge is -1.99. The Bertz CT molecular complexity index is 276. The van der Waals surface area contributed by atoms with E-state index in [4.69, 9.17) is 0 Å². The van der Waals surface area contributed by atoms with Crippen LogP contribution < -0.4 is 4.84 Å². The lowest BCUT2D eigenvalue weighted by molar-refractivity contribution is -0.711. The summed E-state index contributed by atoms with van der Waals surface area (Å²) in [7, 11) is 0. The lowest BCUT2D eigenvalue weighted by atomic mass is 10.3. The Morgan fingerprint density at radius 3 is 2.64 bits per heavy atom. The fourth-order valence-corrected chi connectivity index (χ4v) is 0.816. The monoisotopic (exact) mass is 171 g/mol. The van der Waals surface area contributed by atoms with E-state index in [9.17, 15) is 10.1 Å². The number of benzene rings is 1. The van der Waals surface area contributed by atoms with Gasteiger partial charge in [-0.15, -0.1) is 22.7 Å². The molecule has 1 aromatic rings. The molecule has 0 aliphatic heterocycles. The smallest absolute Gasteiger partial charge is 0.275 e. The number of para-hydroxylation sites is 1. The average molecular weight is 171 g/mol. The number of rotatable bonds is 2. The largest absolute Gasteiger partial charge is 0.299 e. The SMILES string of the molecule is O=[N+]([O-])Oc1ccccc1S. The number of hydrogen-bond donors (Lipinski definition) is 1.